The molecule has 1 aliphatic heterocycles. The van der Waals surface area contributed by atoms with Crippen LogP contribution in [0.2, 0.25) is 0 Å². The zero-order chi connectivity index (χ0) is 13.4. The second-order valence-electron chi connectivity index (χ2n) is 4.54. The van der Waals surface area contributed by atoms with Crippen LogP contribution in [0.1, 0.15) is 15.9 Å². The molecule has 5 nitrogen and oxygen atoms in total. The van der Waals surface area contributed by atoms with Gasteiger partial charge in [0.1, 0.15) is 5.82 Å². The van der Waals surface area contributed by atoms with Crippen LogP contribution in [0.15, 0.2) is 12.1 Å². The Hall–Kier alpha value is -1.66. The molecule has 0 radical (unpaired) electrons. The van der Waals surface area contributed by atoms with Crippen LogP contribution in [0.25, 0.3) is 0 Å². The highest BCUT2D eigenvalue weighted by Crippen LogP contribution is 2.21. The van der Waals surface area contributed by atoms with Crippen LogP contribution in [-0.2, 0) is 0 Å². The molecular weight excluding hydrogens is 239 g/mol. The topological polar surface area (TPSA) is 86.8 Å². The van der Waals surface area contributed by atoms with Crippen molar-refractivity contribution in [3.05, 3.63) is 29.1 Å². The van der Waals surface area contributed by atoms with E-state index in [1.807, 2.05) is 0 Å². The number of rotatable bonds is 1. The van der Waals surface area contributed by atoms with E-state index in [1.165, 1.54) is 24.0 Å². The second kappa shape index (κ2) is 4.55. The lowest BCUT2D eigenvalue weighted by Gasteiger charge is -2.16. The van der Waals surface area contributed by atoms with Crippen LogP contribution in [-0.4, -0.2) is 46.3 Å². The van der Waals surface area contributed by atoms with Crippen LogP contribution in [0.5, 0.6) is 0 Å². The van der Waals surface area contributed by atoms with Gasteiger partial charge in [-0.3, -0.25) is 4.79 Å². The smallest absolute Gasteiger partial charge is 0.257 e. The number of aliphatic hydroxyl groups excluding tert-OH is 2. The third-order valence-electron chi connectivity index (χ3n) is 3.05. The van der Waals surface area contributed by atoms with Crippen molar-refractivity contribution < 1.29 is 19.4 Å². The van der Waals surface area contributed by atoms with E-state index in [-0.39, 0.29) is 18.7 Å². The van der Waals surface area contributed by atoms with Crippen molar-refractivity contribution in [3.8, 4) is 0 Å². The average molecular weight is 254 g/mol. The Morgan fingerprint density at radius 2 is 1.94 bits per heavy atom. The number of amides is 1. The van der Waals surface area contributed by atoms with Crippen LogP contribution in [0.3, 0.4) is 0 Å². The summed E-state index contributed by atoms with van der Waals surface area (Å²) in [6, 6.07) is 2.71. The van der Waals surface area contributed by atoms with Gasteiger partial charge in [0.25, 0.3) is 5.91 Å². The van der Waals surface area contributed by atoms with Gasteiger partial charge in [-0.1, -0.05) is 0 Å². The molecule has 1 heterocycles. The van der Waals surface area contributed by atoms with E-state index in [4.69, 9.17) is 5.73 Å². The molecule has 2 atom stereocenters. The lowest BCUT2D eigenvalue weighted by Crippen LogP contribution is -2.30. The number of anilines is 1. The molecule has 2 rings (SSSR count). The Morgan fingerprint density at radius 1 is 1.39 bits per heavy atom. The highest BCUT2D eigenvalue weighted by atomic mass is 19.1. The summed E-state index contributed by atoms with van der Waals surface area (Å²) in [5.41, 5.74) is 6.05. The molecule has 0 saturated carbocycles. The number of halogens is 1. The summed E-state index contributed by atoms with van der Waals surface area (Å²) in [6.45, 7) is 1.51. The maximum absolute atomic E-state index is 13.9. The molecule has 1 aliphatic rings. The van der Waals surface area contributed by atoms with Gasteiger partial charge in [0, 0.05) is 18.8 Å². The van der Waals surface area contributed by atoms with E-state index < -0.39 is 23.9 Å². The first-order valence-corrected chi connectivity index (χ1v) is 5.61. The Labute approximate surface area is 104 Å². The molecule has 1 amide bonds. The number of carbonyl (C=O) groups excluding carboxylic acids is 1. The quantitative estimate of drug-likeness (QED) is 0.610. The normalized spacial score (nSPS) is 23.4. The van der Waals surface area contributed by atoms with E-state index in [9.17, 15) is 19.4 Å². The summed E-state index contributed by atoms with van der Waals surface area (Å²) >= 11 is 0. The minimum absolute atomic E-state index is 0.00666. The molecule has 1 aromatic carbocycles. The lowest BCUT2D eigenvalue weighted by atomic mass is 10.1. The fourth-order valence-electron chi connectivity index (χ4n) is 2.06. The van der Waals surface area contributed by atoms with Crippen molar-refractivity contribution in [1.29, 1.82) is 0 Å². The van der Waals surface area contributed by atoms with Crippen molar-refractivity contribution in [2.75, 3.05) is 18.8 Å². The Kier molecular flexibility index (Phi) is 3.23. The van der Waals surface area contributed by atoms with E-state index in [0.717, 1.165) is 0 Å². The molecule has 1 fully saturated rings. The van der Waals surface area contributed by atoms with Crippen LogP contribution in [0.4, 0.5) is 10.1 Å². The molecule has 0 bridgehead atoms. The Bertz CT molecular complexity index is 482. The lowest BCUT2D eigenvalue weighted by molar-refractivity contribution is 0.0572. The maximum Gasteiger partial charge on any atom is 0.257 e. The van der Waals surface area contributed by atoms with Crippen molar-refractivity contribution in [2.24, 2.45) is 0 Å². The van der Waals surface area contributed by atoms with Gasteiger partial charge >= 0.3 is 0 Å². The molecule has 18 heavy (non-hydrogen) atoms. The standard InChI is InChI=1S/C12H15FN2O3/c1-6-2-7(14)3-8(11(6)13)12(18)15-4-9(16)10(17)5-15/h2-3,9-10,16-17H,4-5,14H2,1H3/t9-,10+. The summed E-state index contributed by atoms with van der Waals surface area (Å²) in [5, 5.41) is 18.8. The molecule has 6 heteroatoms. The van der Waals surface area contributed by atoms with Gasteiger partial charge in [-0.25, -0.2) is 4.39 Å². The van der Waals surface area contributed by atoms with Crippen molar-refractivity contribution in [3.63, 3.8) is 0 Å². The number of β-amino-alcohol motifs (C(OH)–C–C–N with tert-alkyl or cyclic N) is 2. The number of carbonyl (C=O) groups is 1. The molecule has 0 aromatic heterocycles. The number of hydrogen-bond donors (Lipinski definition) is 3. The highest BCUT2D eigenvalue weighted by Gasteiger charge is 2.34. The number of nitrogens with two attached hydrogens (primary N) is 1. The summed E-state index contributed by atoms with van der Waals surface area (Å²) in [6.07, 6.45) is -1.97. The fraction of sp³-hybridized carbons (Fsp3) is 0.417. The zero-order valence-electron chi connectivity index (χ0n) is 9.93. The molecule has 0 spiro atoms. The van der Waals surface area contributed by atoms with E-state index in [1.54, 1.807) is 0 Å². The summed E-state index contributed by atoms with van der Waals surface area (Å²) in [5.74, 6) is -1.19. The summed E-state index contributed by atoms with van der Waals surface area (Å²) < 4.78 is 13.9. The number of hydrogen-bond acceptors (Lipinski definition) is 4. The number of aryl methyl sites for hydroxylation is 1. The molecule has 98 valence electrons. The van der Waals surface area contributed by atoms with Crippen molar-refractivity contribution in [1.82, 2.24) is 4.90 Å². The third-order valence-corrected chi connectivity index (χ3v) is 3.05. The number of nitrogen functional groups attached to an aromatic ring is 1. The maximum atomic E-state index is 13.9. The second-order valence-corrected chi connectivity index (χ2v) is 4.54. The molecule has 1 saturated heterocycles. The van der Waals surface area contributed by atoms with E-state index >= 15 is 0 Å². The average Bonchev–Trinajstić information content (AvgIpc) is 2.63. The minimum atomic E-state index is -0.987. The monoisotopic (exact) mass is 254 g/mol. The van der Waals surface area contributed by atoms with Gasteiger partial charge in [0.05, 0.1) is 17.8 Å². The van der Waals surface area contributed by atoms with Gasteiger partial charge in [-0.05, 0) is 24.6 Å². The molecular formula is C12H15FN2O3. The van der Waals surface area contributed by atoms with Gasteiger partial charge < -0.3 is 20.8 Å². The van der Waals surface area contributed by atoms with Crippen molar-refractivity contribution >= 4 is 11.6 Å². The van der Waals surface area contributed by atoms with E-state index in [2.05, 4.69) is 0 Å². The van der Waals surface area contributed by atoms with Crippen LogP contribution in [0, 0.1) is 12.7 Å². The van der Waals surface area contributed by atoms with Gasteiger partial charge in [0.15, 0.2) is 0 Å². The highest BCUT2D eigenvalue weighted by molar-refractivity contribution is 5.95. The van der Waals surface area contributed by atoms with Crippen LogP contribution < -0.4 is 5.73 Å². The Morgan fingerprint density at radius 3 is 2.50 bits per heavy atom. The third kappa shape index (κ3) is 2.16. The minimum Gasteiger partial charge on any atom is -0.399 e. The zero-order valence-corrected chi connectivity index (χ0v) is 9.93. The first-order valence-electron chi connectivity index (χ1n) is 5.61. The number of likely N-dealkylation sites (tertiary alicyclic amines) is 1. The number of nitrogens with zero attached hydrogens (tertiary/aromatic N) is 1. The molecule has 4 N–H and O–H groups in total. The summed E-state index contributed by atoms with van der Waals surface area (Å²) in [7, 11) is 0. The fourth-order valence-corrected chi connectivity index (χ4v) is 2.06. The van der Waals surface area contributed by atoms with Crippen molar-refractivity contribution in [2.45, 2.75) is 19.1 Å². The first-order chi connectivity index (χ1) is 8.40. The molecule has 1 aromatic rings. The SMILES string of the molecule is Cc1cc(N)cc(C(=O)N2C[C@@H](O)[C@@H](O)C2)c1F. The predicted octanol–water partition coefficient (Wildman–Crippen LogP) is -0.106. The first kappa shape index (κ1) is 12.8. The van der Waals surface area contributed by atoms with Gasteiger partial charge in [-0.2, -0.15) is 0 Å². The largest absolute Gasteiger partial charge is 0.399 e. The predicted molar refractivity (Wildman–Crippen MR) is 63.5 cm³/mol. The number of benzene rings is 1. The van der Waals surface area contributed by atoms with Crippen LogP contribution >= 0.6 is 0 Å². The van der Waals surface area contributed by atoms with Gasteiger partial charge in [-0.15, -0.1) is 0 Å². The Balaban J connectivity index is 2.30. The molecule has 0 aliphatic carbocycles. The molecule has 0 unspecified atom stereocenters. The van der Waals surface area contributed by atoms with E-state index in [0.29, 0.717) is 11.3 Å². The summed E-state index contributed by atoms with van der Waals surface area (Å²) in [4.78, 5) is 13.3. The van der Waals surface area contributed by atoms with Gasteiger partial charge in [0.2, 0.25) is 0 Å². The number of aliphatic hydroxyl groups is 2.